The van der Waals surface area contributed by atoms with E-state index >= 15 is 0 Å². The van der Waals surface area contributed by atoms with Gasteiger partial charge in [0.05, 0.1) is 0 Å². The van der Waals surface area contributed by atoms with E-state index in [9.17, 15) is 0 Å². The van der Waals surface area contributed by atoms with Gasteiger partial charge >= 0.3 is 0 Å². The van der Waals surface area contributed by atoms with Crippen LogP contribution in [0.2, 0.25) is 0 Å². The van der Waals surface area contributed by atoms with Gasteiger partial charge in [0.15, 0.2) is 5.65 Å². The minimum atomic E-state index is 0.418. The molecule has 1 aromatic carbocycles. The number of hydrogen-bond donors (Lipinski definition) is 1. The van der Waals surface area contributed by atoms with Crippen molar-refractivity contribution < 1.29 is 0 Å². The molecule has 4 rings (SSSR count). The molecule has 2 aromatic heterocycles. The Balaban J connectivity index is 1.76. The van der Waals surface area contributed by atoms with Crippen molar-refractivity contribution in [1.82, 2.24) is 14.6 Å². The first-order valence-electron chi connectivity index (χ1n) is 6.98. The lowest BCUT2D eigenvalue weighted by atomic mass is 9.83. The van der Waals surface area contributed by atoms with Gasteiger partial charge in [-0.05, 0) is 42.5 Å². The van der Waals surface area contributed by atoms with Crippen LogP contribution in [0.1, 0.15) is 29.3 Å². The molecule has 4 heteroatoms. The molecule has 0 aliphatic heterocycles. The molecule has 0 fully saturated rings. The van der Waals surface area contributed by atoms with Gasteiger partial charge in [0.1, 0.15) is 5.82 Å². The molecule has 4 nitrogen and oxygen atoms in total. The molecular formula is C16H16N4. The zero-order chi connectivity index (χ0) is 13.5. The van der Waals surface area contributed by atoms with E-state index in [2.05, 4.69) is 34.5 Å². The monoisotopic (exact) mass is 264 g/mol. The lowest BCUT2D eigenvalue weighted by molar-refractivity contribution is 0.550. The molecule has 0 radical (unpaired) electrons. The van der Waals surface area contributed by atoms with Crippen LogP contribution in [0.3, 0.4) is 0 Å². The maximum atomic E-state index is 5.88. The van der Waals surface area contributed by atoms with Crippen LogP contribution >= 0.6 is 0 Å². The van der Waals surface area contributed by atoms with Gasteiger partial charge in [0, 0.05) is 17.8 Å². The fourth-order valence-corrected chi connectivity index (χ4v) is 3.12. The lowest BCUT2D eigenvalue weighted by Gasteiger charge is -2.23. The van der Waals surface area contributed by atoms with Gasteiger partial charge in [-0.1, -0.05) is 24.3 Å². The summed E-state index contributed by atoms with van der Waals surface area (Å²) in [7, 11) is 0. The predicted molar refractivity (Wildman–Crippen MR) is 78.6 cm³/mol. The summed E-state index contributed by atoms with van der Waals surface area (Å²) >= 11 is 0. The number of anilines is 1. The molecule has 0 saturated carbocycles. The van der Waals surface area contributed by atoms with Crippen LogP contribution in [0.25, 0.3) is 5.65 Å². The number of rotatable bonds is 1. The molecule has 0 spiro atoms. The summed E-state index contributed by atoms with van der Waals surface area (Å²) in [6, 6.07) is 12.5. The second kappa shape index (κ2) is 4.34. The molecule has 0 saturated heterocycles. The van der Waals surface area contributed by atoms with E-state index < -0.39 is 0 Å². The SMILES string of the molecule is Nc1ccc2nnc(C3CCc4ccccc4C3)n2c1. The average Bonchev–Trinajstić information content (AvgIpc) is 2.89. The van der Waals surface area contributed by atoms with Crippen molar-refractivity contribution in [2.45, 2.75) is 25.2 Å². The van der Waals surface area contributed by atoms with Crippen LogP contribution < -0.4 is 5.73 Å². The Morgan fingerprint density at radius 2 is 1.90 bits per heavy atom. The van der Waals surface area contributed by atoms with Crippen molar-refractivity contribution in [3.63, 3.8) is 0 Å². The number of nitrogens with two attached hydrogens (primary N) is 1. The summed E-state index contributed by atoms with van der Waals surface area (Å²) < 4.78 is 2.04. The Kier molecular flexibility index (Phi) is 2.49. The number of fused-ring (bicyclic) bond motifs is 2. The van der Waals surface area contributed by atoms with Crippen LogP contribution in [0.5, 0.6) is 0 Å². The number of nitrogens with zero attached hydrogens (tertiary/aromatic N) is 3. The molecule has 0 bridgehead atoms. The van der Waals surface area contributed by atoms with E-state index in [1.165, 1.54) is 11.1 Å². The first-order valence-corrected chi connectivity index (χ1v) is 6.98. The van der Waals surface area contributed by atoms with Crippen LogP contribution in [-0.4, -0.2) is 14.6 Å². The predicted octanol–water partition coefficient (Wildman–Crippen LogP) is 2.58. The standard InChI is InChI=1S/C16H16N4/c17-14-7-8-15-18-19-16(20(15)10-14)13-6-5-11-3-1-2-4-12(11)9-13/h1-4,7-8,10,13H,5-6,9,17H2. The van der Waals surface area contributed by atoms with Crippen LogP contribution in [0.4, 0.5) is 5.69 Å². The number of aryl methyl sites for hydroxylation is 1. The summed E-state index contributed by atoms with van der Waals surface area (Å²) in [5.41, 5.74) is 10.4. The minimum Gasteiger partial charge on any atom is -0.398 e. The van der Waals surface area contributed by atoms with E-state index in [1.807, 2.05) is 22.7 Å². The molecule has 1 aliphatic carbocycles. The third-order valence-corrected chi connectivity index (χ3v) is 4.16. The highest BCUT2D eigenvalue weighted by molar-refractivity contribution is 5.47. The highest BCUT2D eigenvalue weighted by atomic mass is 15.2. The third kappa shape index (κ3) is 1.76. The highest BCUT2D eigenvalue weighted by Gasteiger charge is 2.23. The maximum Gasteiger partial charge on any atom is 0.160 e. The number of nitrogen functional groups attached to an aromatic ring is 1. The quantitative estimate of drug-likeness (QED) is 0.735. The Bertz CT molecular complexity index is 775. The molecule has 20 heavy (non-hydrogen) atoms. The summed E-state index contributed by atoms with van der Waals surface area (Å²) in [6.07, 6.45) is 5.18. The molecule has 2 heterocycles. The van der Waals surface area contributed by atoms with Gasteiger partial charge in [-0.3, -0.25) is 4.40 Å². The largest absolute Gasteiger partial charge is 0.398 e. The Morgan fingerprint density at radius 3 is 2.80 bits per heavy atom. The Hall–Kier alpha value is -2.36. The van der Waals surface area contributed by atoms with E-state index in [0.717, 1.165) is 36.4 Å². The molecule has 1 atom stereocenters. The van der Waals surface area contributed by atoms with Gasteiger partial charge in [-0.2, -0.15) is 0 Å². The molecule has 0 amide bonds. The fraction of sp³-hybridized carbons (Fsp3) is 0.250. The second-order valence-electron chi connectivity index (χ2n) is 5.46. The van der Waals surface area contributed by atoms with Crippen molar-refractivity contribution >= 4 is 11.3 Å². The van der Waals surface area contributed by atoms with Gasteiger partial charge < -0.3 is 5.73 Å². The Labute approximate surface area is 117 Å². The third-order valence-electron chi connectivity index (χ3n) is 4.16. The zero-order valence-electron chi connectivity index (χ0n) is 11.2. The summed E-state index contributed by atoms with van der Waals surface area (Å²) in [5.74, 6) is 1.45. The zero-order valence-corrected chi connectivity index (χ0v) is 11.2. The van der Waals surface area contributed by atoms with Gasteiger partial charge in [0.2, 0.25) is 0 Å². The van der Waals surface area contributed by atoms with Crippen molar-refractivity contribution in [3.05, 3.63) is 59.5 Å². The van der Waals surface area contributed by atoms with Crippen molar-refractivity contribution in [2.24, 2.45) is 0 Å². The number of hydrogen-bond acceptors (Lipinski definition) is 3. The first-order chi connectivity index (χ1) is 9.81. The van der Waals surface area contributed by atoms with E-state index in [1.54, 1.807) is 0 Å². The van der Waals surface area contributed by atoms with E-state index in [0.29, 0.717) is 5.92 Å². The second-order valence-corrected chi connectivity index (χ2v) is 5.46. The molecule has 2 N–H and O–H groups in total. The van der Waals surface area contributed by atoms with Crippen LogP contribution in [-0.2, 0) is 12.8 Å². The summed E-state index contributed by atoms with van der Waals surface area (Å²) in [5, 5.41) is 8.64. The normalized spacial score (nSPS) is 18.1. The van der Waals surface area contributed by atoms with Gasteiger partial charge in [-0.25, -0.2) is 0 Å². The molecule has 1 aliphatic rings. The van der Waals surface area contributed by atoms with Crippen molar-refractivity contribution in [2.75, 3.05) is 5.73 Å². The summed E-state index contributed by atoms with van der Waals surface area (Å²) in [4.78, 5) is 0. The Morgan fingerprint density at radius 1 is 1.05 bits per heavy atom. The number of pyridine rings is 1. The lowest BCUT2D eigenvalue weighted by Crippen LogP contribution is -2.15. The van der Waals surface area contributed by atoms with Crippen molar-refractivity contribution in [1.29, 1.82) is 0 Å². The fourth-order valence-electron chi connectivity index (χ4n) is 3.12. The molecule has 3 aromatic rings. The van der Waals surface area contributed by atoms with E-state index in [-0.39, 0.29) is 0 Å². The smallest absolute Gasteiger partial charge is 0.160 e. The highest BCUT2D eigenvalue weighted by Crippen LogP contribution is 2.31. The number of benzene rings is 1. The van der Waals surface area contributed by atoms with Gasteiger partial charge in [-0.15, -0.1) is 10.2 Å². The van der Waals surface area contributed by atoms with Crippen molar-refractivity contribution in [3.8, 4) is 0 Å². The molecular weight excluding hydrogens is 248 g/mol. The van der Waals surface area contributed by atoms with Crippen LogP contribution in [0.15, 0.2) is 42.6 Å². The summed E-state index contributed by atoms with van der Waals surface area (Å²) in [6.45, 7) is 0. The maximum absolute atomic E-state index is 5.88. The minimum absolute atomic E-state index is 0.418. The molecule has 100 valence electrons. The van der Waals surface area contributed by atoms with Gasteiger partial charge in [0.25, 0.3) is 0 Å². The topological polar surface area (TPSA) is 56.2 Å². The number of aromatic nitrogens is 3. The van der Waals surface area contributed by atoms with Crippen LogP contribution in [0, 0.1) is 0 Å². The van der Waals surface area contributed by atoms with E-state index in [4.69, 9.17) is 5.73 Å². The first kappa shape index (κ1) is 11.5. The average molecular weight is 264 g/mol. The molecule has 1 unspecified atom stereocenters.